The second kappa shape index (κ2) is 6.47. The van der Waals surface area contributed by atoms with Crippen molar-refractivity contribution in [2.75, 3.05) is 6.61 Å². The summed E-state index contributed by atoms with van der Waals surface area (Å²) in [5.41, 5.74) is -0.197. The molecule has 2 N–H and O–H groups in total. The van der Waals surface area contributed by atoms with Crippen molar-refractivity contribution >= 4 is 5.91 Å². The number of alkyl halides is 2. The van der Waals surface area contributed by atoms with Gasteiger partial charge in [0.05, 0.1) is 0 Å². The summed E-state index contributed by atoms with van der Waals surface area (Å²) in [6, 6.07) is 5.42. The number of carbonyl (C=O) groups is 1. The van der Waals surface area contributed by atoms with Gasteiger partial charge in [-0.3, -0.25) is 4.79 Å². The lowest BCUT2D eigenvalue weighted by Crippen LogP contribution is -2.44. The van der Waals surface area contributed by atoms with E-state index in [4.69, 9.17) is 5.11 Å². The van der Waals surface area contributed by atoms with Gasteiger partial charge in [-0.15, -0.1) is 0 Å². The van der Waals surface area contributed by atoms with Gasteiger partial charge in [-0.1, -0.05) is 0 Å². The van der Waals surface area contributed by atoms with E-state index in [0.29, 0.717) is 12.0 Å². The number of carbonyl (C=O) groups excluding carboxylic acids is 1. The van der Waals surface area contributed by atoms with Crippen LogP contribution in [0.3, 0.4) is 0 Å². The molecule has 0 saturated carbocycles. The second-order valence-electron chi connectivity index (χ2n) is 4.71. The third-order valence-corrected chi connectivity index (χ3v) is 2.53. The Morgan fingerprint density at radius 3 is 2.42 bits per heavy atom. The van der Waals surface area contributed by atoms with Gasteiger partial charge in [0.2, 0.25) is 0 Å². The molecular formula is C13H17F2NO3. The van der Waals surface area contributed by atoms with Crippen LogP contribution < -0.4 is 10.1 Å². The number of rotatable bonds is 6. The van der Waals surface area contributed by atoms with Crippen molar-refractivity contribution < 1.29 is 23.4 Å². The van der Waals surface area contributed by atoms with E-state index in [1.165, 1.54) is 24.3 Å². The zero-order chi connectivity index (χ0) is 14.5. The van der Waals surface area contributed by atoms with Crippen molar-refractivity contribution in [1.29, 1.82) is 0 Å². The normalized spacial score (nSPS) is 11.5. The van der Waals surface area contributed by atoms with Gasteiger partial charge in [0, 0.05) is 17.7 Å². The molecule has 0 saturated heterocycles. The first kappa shape index (κ1) is 15.4. The first-order valence-electron chi connectivity index (χ1n) is 5.82. The largest absolute Gasteiger partial charge is 0.435 e. The molecule has 0 aromatic heterocycles. The number of amides is 1. The highest BCUT2D eigenvalue weighted by atomic mass is 19.3. The van der Waals surface area contributed by atoms with Gasteiger partial charge in [-0.2, -0.15) is 8.78 Å². The molecular weight excluding hydrogens is 256 g/mol. The number of halogens is 2. The molecule has 1 aromatic carbocycles. The van der Waals surface area contributed by atoms with E-state index in [0.717, 1.165) is 0 Å². The summed E-state index contributed by atoms with van der Waals surface area (Å²) < 4.78 is 28.1. The number of hydrogen-bond donors (Lipinski definition) is 2. The average molecular weight is 273 g/mol. The first-order valence-corrected chi connectivity index (χ1v) is 5.82. The third-order valence-electron chi connectivity index (χ3n) is 2.53. The van der Waals surface area contributed by atoms with Crippen molar-refractivity contribution in [1.82, 2.24) is 5.32 Å². The van der Waals surface area contributed by atoms with Gasteiger partial charge in [0.25, 0.3) is 5.91 Å². The molecule has 0 aliphatic rings. The van der Waals surface area contributed by atoms with Crippen molar-refractivity contribution in [2.45, 2.75) is 32.4 Å². The van der Waals surface area contributed by atoms with E-state index >= 15 is 0 Å². The molecule has 0 spiro atoms. The third kappa shape index (κ3) is 5.21. The molecule has 0 aliphatic carbocycles. The van der Waals surface area contributed by atoms with E-state index in [9.17, 15) is 13.6 Å². The molecule has 1 rings (SSSR count). The van der Waals surface area contributed by atoms with E-state index in [-0.39, 0.29) is 18.3 Å². The van der Waals surface area contributed by atoms with Crippen LogP contribution in [-0.2, 0) is 0 Å². The van der Waals surface area contributed by atoms with Crippen LogP contribution >= 0.6 is 0 Å². The smallest absolute Gasteiger partial charge is 0.387 e. The highest BCUT2D eigenvalue weighted by Crippen LogP contribution is 2.16. The minimum Gasteiger partial charge on any atom is -0.435 e. The van der Waals surface area contributed by atoms with Crippen molar-refractivity contribution in [3.63, 3.8) is 0 Å². The van der Waals surface area contributed by atoms with Crippen LogP contribution in [0.1, 0.15) is 30.6 Å². The Kier molecular flexibility index (Phi) is 5.23. The van der Waals surface area contributed by atoms with Gasteiger partial charge in [0.15, 0.2) is 0 Å². The van der Waals surface area contributed by atoms with Crippen LogP contribution in [0.15, 0.2) is 24.3 Å². The standard InChI is InChI=1S/C13H17F2NO3/c1-13(2,7-8-17)16-11(18)9-3-5-10(6-4-9)19-12(14)15/h3-6,12,17H,7-8H2,1-2H3,(H,16,18). The van der Waals surface area contributed by atoms with E-state index < -0.39 is 12.2 Å². The molecule has 0 aliphatic heterocycles. The molecule has 19 heavy (non-hydrogen) atoms. The number of hydrogen-bond acceptors (Lipinski definition) is 3. The fourth-order valence-electron chi connectivity index (χ4n) is 1.51. The van der Waals surface area contributed by atoms with Crippen LogP contribution in [0.5, 0.6) is 5.75 Å². The number of benzene rings is 1. The summed E-state index contributed by atoms with van der Waals surface area (Å²) in [7, 11) is 0. The molecule has 0 atom stereocenters. The lowest BCUT2D eigenvalue weighted by molar-refractivity contribution is -0.0498. The first-order chi connectivity index (χ1) is 8.84. The summed E-state index contributed by atoms with van der Waals surface area (Å²) in [5.74, 6) is -0.330. The number of aliphatic hydroxyl groups excluding tert-OH is 1. The molecule has 0 radical (unpaired) electrons. The Hall–Kier alpha value is -1.69. The van der Waals surface area contributed by atoms with Crippen LogP contribution in [0, 0.1) is 0 Å². The minimum atomic E-state index is -2.89. The Labute approximate surface area is 110 Å². The molecule has 1 aromatic rings. The second-order valence-corrected chi connectivity index (χ2v) is 4.71. The SMILES string of the molecule is CC(C)(CCO)NC(=O)c1ccc(OC(F)F)cc1. The van der Waals surface area contributed by atoms with Gasteiger partial charge >= 0.3 is 6.61 Å². The zero-order valence-corrected chi connectivity index (χ0v) is 10.8. The van der Waals surface area contributed by atoms with Crippen LogP contribution in [0.2, 0.25) is 0 Å². The zero-order valence-electron chi connectivity index (χ0n) is 10.8. The quantitative estimate of drug-likeness (QED) is 0.835. The van der Waals surface area contributed by atoms with Gasteiger partial charge in [0.1, 0.15) is 5.75 Å². The molecule has 106 valence electrons. The van der Waals surface area contributed by atoms with Gasteiger partial charge in [-0.05, 0) is 44.5 Å². The molecule has 0 bridgehead atoms. The van der Waals surface area contributed by atoms with Crippen molar-refractivity contribution in [3.8, 4) is 5.75 Å². The number of aliphatic hydroxyl groups is 1. The molecule has 0 fully saturated rings. The average Bonchev–Trinajstić information content (AvgIpc) is 2.28. The summed E-state index contributed by atoms with van der Waals surface area (Å²) in [4.78, 5) is 11.9. The Bertz CT molecular complexity index is 418. The summed E-state index contributed by atoms with van der Waals surface area (Å²) in [6.07, 6.45) is 0.422. The fourth-order valence-corrected chi connectivity index (χ4v) is 1.51. The van der Waals surface area contributed by atoms with E-state index in [2.05, 4.69) is 10.1 Å². The van der Waals surface area contributed by atoms with E-state index in [1.807, 2.05) is 0 Å². The predicted molar refractivity (Wildman–Crippen MR) is 66.3 cm³/mol. The Morgan fingerprint density at radius 2 is 1.95 bits per heavy atom. The van der Waals surface area contributed by atoms with E-state index in [1.54, 1.807) is 13.8 Å². The van der Waals surface area contributed by atoms with Gasteiger partial charge in [-0.25, -0.2) is 0 Å². The topological polar surface area (TPSA) is 58.6 Å². The molecule has 0 heterocycles. The summed E-state index contributed by atoms with van der Waals surface area (Å²) in [6.45, 7) is 0.655. The van der Waals surface area contributed by atoms with Crippen molar-refractivity contribution in [3.05, 3.63) is 29.8 Å². The van der Waals surface area contributed by atoms with Crippen molar-refractivity contribution in [2.24, 2.45) is 0 Å². The highest BCUT2D eigenvalue weighted by Gasteiger charge is 2.20. The number of ether oxygens (including phenoxy) is 1. The Balaban J connectivity index is 2.68. The maximum Gasteiger partial charge on any atom is 0.387 e. The molecule has 1 amide bonds. The van der Waals surface area contributed by atoms with Crippen LogP contribution in [0.25, 0.3) is 0 Å². The monoisotopic (exact) mass is 273 g/mol. The Morgan fingerprint density at radius 1 is 1.37 bits per heavy atom. The maximum absolute atomic E-state index is 12.0. The van der Waals surface area contributed by atoms with Crippen LogP contribution in [0.4, 0.5) is 8.78 Å². The lowest BCUT2D eigenvalue weighted by atomic mass is 10.0. The fraction of sp³-hybridized carbons (Fsp3) is 0.462. The predicted octanol–water partition coefficient (Wildman–Crippen LogP) is 2.18. The maximum atomic E-state index is 12.0. The minimum absolute atomic E-state index is 0.00108. The molecule has 0 unspecified atom stereocenters. The molecule has 6 heteroatoms. The van der Waals surface area contributed by atoms with Crippen LogP contribution in [-0.4, -0.2) is 29.8 Å². The lowest BCUT2D eigenvalue weighted by Gasteiger charge is -2.25. The summed E-state index contributed by atoms with van der Waals surface area (Å²) >= 11 is 0. The highest BCUT2D eigenvalue weighted by molar-refractivity contribution is 5.94. The molecule has 4 nitrogen and oxygen atoms in total. The van der Waals surface area contributed by atoms with Gasteiger partial charge < -0.3 is 15.2 Å². The summed E-state index contributed by atoms with van der Waals surface area (Å²) in [5, 5.41) is 11.6. The number of nitrogens with one attached hydrogen (secondary N) is 1.